The molecule has 17 heavy (non-hydrogen) atoms. The van der Waals surface area contributed by atoms with E-state index in [0.29, 0.717) is 17.2 Å². The monoisotopic (exact) mass is 302 g/mol. The van der Waals surface area contributed by atoms with Crippen LogP contribution in [0.1, 0.15) is 12.5 Å². The lowest BCUT2D eigenvalue weighted by atomic mass is 10.1. The molecule has 0 spiro atoms. The topological polar surface area (TPSA) is 44.8 Å². The maximum Gasteiger partial charge on any atom is 0.203 e. The van der Waals surface area contributed by atoms with E-state index in [4.69, 9.17) is 14.2 Å². The van der Waals surface area contributed by atoms with E-state index in [1.165, 1.54) is 21.1 Å². The van der Waals surface area contributed by atoms with Crippen molar-refractivity contribution in [2.24, 2.45) is 0 Å². The summed E-state index contributed by atoms with van der Waals surface area (Å²) in [4.78, 5) is 11.2. The van der Waals surface area contributed by atoms with Crippen LogP contribution in [-0.2, 0) is 11.2 Å². The third kappa shape index (κ3) is 2.91. The second kappa shape index (κ2) is 5.91. The first-order valence-corrected chi connectivity index (χ1v) is 5.81. The van der Waals surface area contributed by atoms with Crippen LogP contribution in [0.2, 0.25) is 0 Å². The average Bonchev–Trinajstić information content (AvgIpc) is 2.30. The molecule has 0 radical (unpaired) electrons. The van der Waals surface area contributed by atoms with Crippen LogP contribution in [-0.4, -0.2) is 27.1 Å². The second-order valence-electron chi connectivity index (χ2n) is 3.48. The number of halogens is 1. The lowest BCUT2D eigenvalue weighted by Crippen LogP contribution is -2.04. The van der Waals surface area contributed by atoms with Gasteiger partial charge >= 0.3 is 0 Å². The Hall–Kier alpha value is -1.23. The van der Waals surface area contributed by atoms with E-state index >= 15 is 0 Å². The first kappa shape index (κ1) is 13.8. The maximum atomic E-state index is 11.2. The summed E-state index contributed by atoms with van der Waals surface area (Å²) >= 11 is 3.40. The van der Waals surface area contributed by atoms with Gasteiger partial charge in [-0.15, -0.1) is 0 Å². The standard InChI is InChI=1S/C12H15BrO4/c1-7(14)5-8-9(13)6-10(15-2)12(17-4)11(8)16-3/h6H,5H2,1-4H3. The molecule has 1 aromatic rings. The molecular weight excluding hydrogens is 288 g/mol. The van der Waals surface area contributed by atoms with E-state index in [9.17, 15) is 4.79 Å². The van der Waals surface area contributed by atoms with Gasteiger partial charge < -0.3 is 14.2 Å². The van der Waals surface area contributed by atoms with Gasteiger partial charge in [0, 0.05) is 16.5 Å². The number of methoxy groups -OCH3 is 3. The summed E-state index contributed by atoms with van der Waals surface area (Å²) in [6.45, 7) is 1.53. The lowest BCUT2D eigenvalue weighted by Gasteiger charge is -2.16. The van der Waals surface area contributed by atoms with Gasteiger partial charge in [-0.05, 0) is 13.0 Å². The van der Waals surface area contributed by atoms with Crippen molar-refractivity contribution in [1.82, 2.24) is 0 Å². The number of hydrogen-bond acceptors (Lipinski definition) is 4. The molecule has 0 bridgehead atoms. The first-order chi connectivity index (χ1) is 8.04. The molecule has 0 atom stereocenters. The minimum absolute atomic E-state index is 0.0521. The summed E-state index contributed by atoms with van der Waals surface area (Å²) in [5.74, 6) is 1.63. The van der Waals surface area contributed by atoms with Gasteiger partial charge in [0.25, 0.3) is 0 Å². The van der Waals surface area contributed by atoms with Crippen molar-refractivity contribution >= 4 is 21.7 Å². The van der Waals surface area contributed by atoms with Crippen LogP contribution >= 0.6 is 15.9 Å². The number of carbonyl (C=O) groups is 1. The number of ketones is 1. The Bertz CT molecular complexity index is 429. The normalized spacial score (nSPS) is 9.94. The first-order valence-electron chi connectivity index (χ1n) is 5.01. The molecule has 0 N–H and O–H groups in total. The van der Waals surface area contributed by atoms with Crippen LogP contribution in [0.25, 0.3) is 0 Å². The van der Waals surface area contributed by atoms with E-state index in [2.05, 4.69) is 15.9 Å². The highest BCUT2D eigenvalue weighted by molar-refractivity contribution is 9.10. The average molecular weight is 303 g/mol. The van der Waals surface area contributed by atoms with Crippen molar-refractivity contribution in [2.45, 2.75) is 13.3 Å². The Morgan fingerprint density at radius 2 is 1.76 bits per heavy atom. The summed E-state index contributed by atoms with van der Waals surface area (Å²) < 4.78 is 16.5. The van der Waals surface area contributed by atoms with Crippen molar-refractivity contribution < 1.29 is 19.0 Å². The number of Topliss-reactive ketones (excluding diaryl/α,β-unsaturated/α-hetero) is 1. The molecule has 4 nitrogen and oxygen atoms in total. The van der Waals surface area contributed by atoms with E-state index in [1.807, 2.05) is 0 Å². The zero-order valence-electron chi connectivity index (χ0n) is 10.3. The third-order valence-electron chi connectivity index (χ3n) is 2.30. The molecule has 0 aliphatic carbocycles. The Labute approximate surface area is 109 Å². The lowest BCUT2D eigenvalue weighted by molar-refractivity contribution is -0.116. The van der Waals surface area contributed by atoms with Gasteiger partial charge in [-0.2, -0.15) is 0 Å². The van der Waals surface area contributed by atoms with Crippen molar-refractivity contribution in [3.05, 3.63) is 16.1 Å². The Balaban J connectivity index is 3.43. The Morgan fingerprint density at radius 1 is 1.18 bits per heavy atom. The fourth-order valence-electron chi connectivity index (χ4n) is 1.60. The van der Waals surface area contributed by atoms with E-state index in [0.717, 1.165) is 10.0 Å². The summed E-state index contributed by atoms with van der Waals surface area (Å²) in [6, 6.07) is 1.76. The van der Waals surface area contributed by atoms with Crippen molar-refractivity contribution in [3.8, 4) is 17.2 Å². The van der Waals surface area contributed by atoms with Crippen molar-refractivity contribution in [3.63, 3.8) is 0 Å². The fourth-order valence-corrected chi connectivity index (χ4v) is 2.13. The quantitative estimate of drug-likeness (QED) is 0.839. The maximum absolute atomic E-state index is 11.2. The number of hydrogen-bond donors (Lipinski definition) is 0. The summed E-state index contributed by atoms with van der Waals surface area (Å²) in [5.41, 5.74) is 0.762. The number of rotatable bonds is 5. The molecule has 5 heteroatoms. The van der Waals surface area contributed by atoms with Gasteiger partial charge in [0.1, 0.15) is 5.78 Å². The Kier molecular flexibility index (Phi) is 4.81. The highest BCUT2D eigenvalue weighted by Crippen LogP contribution is 2.44. The molecule has 0 fully saturated rings. The molecule has 1 aromatic carbocycles. The molecule has 0 amide bonds. The summed E-state index contributed by atoms with van der Waals surface area (Å²) in [6.07, 6.45) is 0.282. The van der Waals surface area contributed by atoms with Gasteiger partial charge in [-0.1, -0.05) is 15.9 Å². The fraction of sp³-hybridized carbons (Fsp3) is 0.417. The van der Waals surface area contributed by atoms with Crippen LogP contribution in [0.4, 0.5) is 0 Å². The highest BCUT2D eigenvalue weighted by atomic mass is 79.9. The van der Waals surface area contributed by atoms with Crippen molar-refractivity contribution in [2.75, 3.05) is 21.3 Å². The van der Waals surface area contributed by atoms with Gasteiger partial charge in [0.15, 0.2) is 11.5 Å². The molecule has 0 heterocycles. The number of carbonyl (C=O) groups excluding carboxylic acids is 1. The molecule has 0 aromatic heterocycles. The zero-order valence-corrected chi connectivity index (χ0v) is 11.9. The predicted octanol–water partition coefficient (Wildman–Crippen LogP) is 2.61. The van der Waals surface area contributed by atoms with E-state index in [-0.39, 0.29) is 12.2 Å². The smallest absolute Gasteiger partial charge is 0.203 e. The predicted molar refractivity (Wildman–Crippen MR) is 68.2 cm³/mol. The highest BCUT2D eigenvalue weighted by Gasteiger charge is 2.20. The van der Waals surface area contributed by atoms with Crippen LogP contribution in [0.5, 0.6) is 17.2 Å². The third-order valence-corrected chi connectivity index (χ3v) is 3.01. The van der Waals surface area contributed by atoms with Gasteiger partial charge in [0.2, 0.25) is 5.75 Å². The van der Waals surface area contributed by atoms with Crippen molar-refractivity contribution in [1.29, 1.82) is 0 Å². The number of ether oxygens (including phenoxy) is 3. The van der Waals surface area contributed by atoms with Crippen LogP contribution in [0.3, 0.4) is 0 Å². The molecule has 94 valence electrons. The second-order valence-corrected chi connectivity index (χ2v) is 4.34. The van der Waals surface area contributed by atoms with Gasteiger partial charge in [0.05, 0.1) is 21.3 Å². The molecule has 0 aliphatic heterocycles. The van der Waals surface area contributed by atoms with Gasteiger partial charge in [-0.3, -0.25) is 4.79 Å². The largest absolute Gasteiger partial charge is 0.493 e. The molecule has 1 rings (SSSR count). The summed E-state index contributed by atoms with van der Waals surface area (Å²) in [7, 11) is 4.62. The minimum atomic E-state index is 0.0521. The molecule has 0 unspecified atom stereocenters. The molecule has 0 saturated carbocycles. The van der Waals surface area contributed by atoms with Crippen LogP contribution in [0, 0.1) is 0 Å². The molecular formula is C12H15BrO4. The summed E-state index contributed by atoms with van der Waals surface area (Å²) in [5, 5.41) is 0. The van der Waals surface area contributed by atoms with Crippen LogP contribution < -0.4 is 14.2 Å². The SMILES string of the molecule is COc1cc(Br)c(CC(C)=O)c(OC)c1OC. The van der Waals surface area contributed by atoms with Gasteiger partial charge in [-0.25, -0.2) is 0 Å². The Morgan fingerprint density at radius 3 is 2.18 bits per heavy atom. The van der Waals surface area contributed by atoms with E-state index < -0.39 is 0 Å². The number of benzene rings is 1. The van der Waals surface area contributed by atoms with Crippen LogP contribution in [0.15, 0.2) is 10.5 Å². The molecule has 0 saturated heterocycles. The zero-order chi connectivity index (χ0) is 13.0. The molecule has 0 aliphatic rings. The van der Waals surface area contributed by atoms with E-state index in [1.54, 1.807) is 13.2 Å². The minimum Gasteiger partial charge on any atom is -0.493 e.